The second-order valence-corrected chi connectivity index (χ2v) is 7.67. The summed E-state index contributed by atoms with van der Waals surface area (Å²) in [7, 11) is 0. The van der Waals surface area contributed by atoms with Crippen LogP contribution < -0.4 is 4.72 Å². The molecule has 134 valence electrons. The lowest BCUT2D eigenvalue weighted by molar-refractivity contribution is 0.223. The summed E-state index contributed by atoms with van der Waals surface area (Å²) in [6.07, 6.45) is 14.6. The lowest BCUT2D eigenvalue weighted by Crippen LogP contribution is -2.31. The van der Waals surface area contributed by atoms with Gasteiger partial charge in [0.2, 0.25) is 0 Å². The largest absolute Gasteiger partial charge is 0.396 e. The molecule has 0 heterocycles. The van der Waals surface area contributed by atoms with E-state index < -0.39 is 0 Å². The molecular weight excluding hydrogens is 294 g/mol. The van der Waals surface area contributed by atoms with E-state index in [0.29, 0.717) is 0 Å². The Balaban J connectivity index is 3.86. The topological polar surface area (TPSA) is 52.5 Å². The Bertz CT molecular complexity index is 221. The zero-order valence-electron chi connectivity index (χ0n) is 14.9. The number of rotatable bonds is 17. The van der Waals surface area contributed by atoms with Gasteiger partial charge in [0.05, 0.1) is 0 Å². The van der Waals surface area contributed by atoms with Crippen molar-refractivity contribution < 1.29 is 10.2 Å². The zero-order valence-corrected chi connectivity index (χ0v) is 15.7. The van der Waals surface area contributed by atoms with Crippen molar-refractivity contribution in [2.75, 3.05) is 19.8 Å². The van der Waals surface area contributed by atoms with Crippen LogP contribution in [-0.4, -0.2) is 34.7 Å². The Morgan fingerprint density at radius 2 is 1.23 bits per heavy atom. The summed E-state index contributed by atoms with van der Waals surface area (Å²) in [6.45, 7) is 5.68. The average Bonchev–Trinajstić information content (AvgIpc) is 2.52. The lowest BCUT2D eigenvalue weighted by Gasteiger charge is -2.32. The number of aliphatic hydroxyl groups excluding tert-OH is 2. The van der Waals surface area contributed by atoms with Crippen LogP contribution in [-0.2, 0) is 0 Å². The summed E-state index contributed by atoms with van der Waals surface area (Å²) in [5, 5.41) is 18.7. The zero-order chi connectivity index (χ0) is 16.5. The Hall–Kier alpha value is 0.230. The fourth-order valence-corrected chi connectivity index (χ4v) is 4.00. The maximum absolute atomic E-state index is 9.35. The molecule has 0 aliphatic rings. The van der Waals surface area contributed by atoms with Crippen molar-refractivity contribution in [3.63, 3.8) is 0 Å². The van der Waals surface area contributed by atoms with Gasteiger partial charge in [0.1, 0.15) is 0 Å². The van der Waals surface area contributed by atoms with Gasteiger partial charge in [-0.1, -0.05) is 83.6 Å². The average molecular weight is 334 g/mol. The fourth-order valence-electron chi connectivity index (χ4n) is 2.92. The van der Waals surface area contributed by atoms with Crippen molar-refractivity contribution >= 4 is 11.9 Å². The first-order valence-corrected chi connectivity index (χ1v) is 10.2. The molecule has 0 aromatic heterocycles. The van der Waals surface area contributed by atoms with E-state index in [-0.39, 0.29) is 18.0 Å². The molecule has 0 bridgehead atoms. The molecule has 0 unspecified atom stereocenters. The first-order valence-electron chi connectivity index (χ1n) is 9.37. The van der Waals surface area contributed by atoms with Gasteiger partial charge in [-0.05, 0) is 19.3 Å². The van der Waals surface area contributed by atoms with Crippen molar-refractivity contribution in [1.82, 2.24) is 4.72 Å². The molecule has 0 aromatic carbocycles. The molecule has 0 aliphatic heterocycles. The summed E-state index contributed by atoms with van der Waals surface area (Å²) in [5.41, 5.74) is 0. The van der Waals surface area contributed by atoms with E-state index in [1.807, 2.05) is 0 Å². The monoisotopic (exact) mass is 333 g/mol. The number of nitrogens with one attached hydrogen (secondary N) is 1. The van der Waals surface area contributed by atoms with Crippen molar-refractivity contribution in [1.29, 1.82) is 0 Å². The minimum Gasteiger partial charge on any atom is -0.396 e. The van der Waals surface area contributed by atoms with E-state index in [1.165, 1.54) is 57.8 Å². The smallest absolute Gasteiger partial charge is 0.0444 e. The Morgan fingerprint density at radius 1 is 0.727 bits per heavy atom. The van der Waals surface area contributed by atoms with E-state index in [4.69, 9.17) is 0 Å². The van der Waals surface area contributed by atoms with Gasteiger partial charge in [0, 0.05) is 24.5 Å². The fraction of sp³-hybridized carbons (Fsp3) is 1.00. The van der Waals surface area contributed by atoms with Crippen molar-refractivity contribution in [2.45, 2.75) is 95.6 Å². The number of unbranched alkanes of at least 4 members (excludes halogenated alkanes) is 8. The lowest BCUT2D eigenvalue weighted by atomic mass is 9.93. The van der Waals surface area contributed by atoms with Crippen LogP contribution in [0.15, 0.2) is 0 Å². The van der Waals surface area contributed by atoms with Crippen LogP contribution in [0.2, 0.25) is 0 Å². The van der Waals surface area contributed by atoms with E-state index in [9.17, 15) is 10.2 Å². The molecule has 0 aromatic rings. The highest BCUT2D eigenvalue weighted by atomic mass is 32.2. The molecule has 3 nitrogen and oxygen atoms in total. The molecule has 4 heteroatoms. The van der Waals surface area contributed by atoms with Crippen LogP contribution in [0.5, 0.6) is 0 Å². The summed E-state index contributed by atoms with van der Waals surface area (Å²) in [5.74, 6) is 0. The Labute approximate surface area is 142 Å². The van der Waals surface area contributed by atoms with Crippen molar-refractivity contribution in [3.8, 4) is 0 Å². The van der Waals surface area contributed by atoms with Gasteiger partial charge < -0.3 is 10.2 Å². The number of hydrogen-bond donors (Lipinski definition) is 3. The maximum atomic E-state index is 9.35. The second-order valence-electron chi connectivity index (χ2n) is 6.31. The molecule has 0 amide bonds. The normalized spacial score (nSPS) is 12.0. The van der Waals surface area contributed by atoms with Crippen molar-refractivity contribution in [3.05, 3.63) is 0 Å². The third-order valence-electron chi connectivity index (χ3n) is 4.30. The molecule has 0 saturated carbocycles. The Kier molecular flexibility index (Phi) is 16.3. The van der Waals surface area contributed by atoms with Gasteiger partial charge in [-0.2, -0.15) is 0 Å². The summed E-state index contributed by atoms with van der Waals surface area (Å²) in [6, 6.07) is 0. The van der Waals surface area contributed by atoms with Crippen LogP contribution in [0.4, 0.5) is 0 Å². The van der Waals surface area contributed by atoms with Crippen LogP contribution >= 0.6 is 11.9 Å². The molecule has 0 saturated heterocycles. The highest BCUT2D eigenvalue weighted by Crippen LogP contribution is 2.35. The van der Waals surface area contributed by atoms with E-state index in [1.54, 1.807) is 11.9 Å². The molecule has 22 heavy (non-hydrogen) atoms. The van der Waals surface area contributed by atoms with Gasteiger partial charge in [-0.15, -0.1) is 0 Å². The van der Waals surface area contributed by atoms with E-state index in [0.717, 1.165) is 25.8 Å². The quantitative estimate of drug-likeness (QED) is 0.267. The first-order chi connectivity index (χ1) is 10.7. The third-order valence-corrected chi connectivity index (χ3v) is 5.78. The molecular formula is C18H39NO2S. The molecule has 0 atom stereocenters. The predicted molar refractivity (Wildman–Crippen MR) is 99.2 cm³/mol. The number of hydrogen-bond acceptors (Lipinski definition) is 4. The predicted octanol–water partition coefficient (Wildman–Crippen LogP) is 4.67. The van der Waals surface area contributed by atoms with Gasteiger partial charge in [-0.25, -0.2) is 0 Å². The molecule has 0 fully saturated rings. The van der Waals surface area contributed by atoms with Gasteiger partial charge in [0.15, 0.2) is 0 Å². The summed E-state index contributed by atoms with van der Waals surface area (Å²) in [4.78, 5) is 0. The van der Waals surface area contributed by atoms with Gasteiger partial charge in [0.25, 0.3) is 0 Å². The minimum absolute atomic E-state index is 0.000631. The standard InChI is InChI=1S/C18H39NO2S/c1-3-5-6-7-8-9-10-11-12-13-18(14-16-20,15-17-21)22-19-4-2/h19-21H,3-17H2,1-2H3. The van der Waals surface area contributed by atoms with Crippen molar-refractivity contribution in [2.24, 2.45) is 0 Å². The Morgan fingerprint density at radius 3 is 1.68 bits per heavy atom. The first kappa shape index (κ1) is 22.2. The molecule has 0 aliphatic carbocycles. The molecule has 3 N–H and O–H groups in total. The SMILES string of the molecule is CCCCCCCCCCCC(CCO)(CCO)SNCC. The molecule has 0 rings (SSSR count). The van der Waals surface area contributed by atoms with Crippen LogP contribution in [0.25, 0.3) is 0 Å². The van der Waals surface area contributed by atoms with Crippen LogP contribution in [0.3, 0.4) is 0 Å². The van der Waals surface area contributed by atoms with E-state index in [2.05, 4.69) is 18.6 Å². The van der Waals surface area contributed by atoms with Gasteiger partial charge >= 0.3 is 0 Å². The van der Waals surface area contributed by atoms with E-state index >= 15 is 0 Å². The summed E-state index contributed by atoms with van der Waals surface area (Å²) < 4.78 is 3.33. The van der Waals surface area contributed by atoms with Crippen LogP contribution in [0.1, 0.15) is 90.9 Å². The third kappa shape index (κ3) is 11.8. The maximum Gasteiger partial charge on any atom is 0.0444 e. The number of aliphatic hydroxyl groups is 2. The van der Waals surface area contributed by atoms with Gasteiger partial charge in [-0.3, -0.25) is 4.72 Å². The highest BCUT2D eigenvalue weighted by molar-refractivity contribution is 7.98. The highest BCUT2D eigenvalue weighted by Gasteiger charge is 2.29. The molecule has 0 radical (unpaired) electrons. The van der Waals surface area contributed by atoms with Crippen LogP contribution in [0, 0.1) is 0 Å². The summed E-state index contributed by atoms with van der Waals surface area (Å²) >= 11 is 1.73. The molecule has 0 spiro atoms. The second kappa shape index (κ2) is 16.1. The minimum atomic E-state index is 0.000631.